The smallest absolute Gasteiger partial charge is 0.135 e. The number of hydrogen-bond donors (Lipinski definition) is 4. The van der Waals surface area contributed by atoms with Gasteiger partial charge in [0, 0.05) is 25.7 Å². The van der Waals surface area contributed by atoms with Gasteiger partial charge in [-0.05, 0) is 100 Å². The second-order valence-corrected chi connectivity index (χ2v) is 22.6. The van der Waals surface area contributed by atoms with Crippen molar-refractivity contribution in [2.75, 3.05) is 23.0 Å². The van der Waals surface area contributed by atoms with Crippen LogP contribution >= 0.6 is 47.0 Å². The fourth-order valence-electron chi connectivity index (χ4n) is 7.80. The second-order valence-electron chi connectivity index (χ2n) is 16.2. The number of thioether (sulfide) groups is 4. The maximum Gasteiger partial charge on any atom is 0.135 e. The Hall–Kier alpha value is 0.580. The van der Waals surface area contributed by atoms with Crippen molar-refractivity contribution in [2.45, 2.75) is 233 Å². The van der Waals surface area contributed by atoms with Crippen molar-refractivity contribution < 1.29 is 30.0 Å². The van der Waals surface area contributed by atoms with Crippen LogP contribution in [0.25, 0.3) is 0 Å². The molecule has 0 amide bonds. The van der Waals surface area contributed by atoms with Crippen molar-refractivity contribution in [3.63, 3.8) is 0 Å². The van der Waals surface area contributed by atoms with E-state index >= 15 is 0 Å². The summed E-state index contributed by atoms with van der Waals surface area (Å²) in [6, 6.07) is 0. The average molecular weight is 821 g/mol. The molecule has 312 valence electrons. The van der Waals surface area contributed by atoms with Gasteiger partial charge < -0.3 is 20.4 Å². The highest BCUT2D eigenvalue weighted by molar-refractivity contribution is 8.19. The third kappa shape index (κ3) is 24.2. The molecule has 4 unspecified atom stereocenters. The molecule has 6 nitrogen and oxygen atoms in total. The van der Waals surface area contributed by atoms with Crippen LogP contribution < -0.4 is 0 Å². The Kier molecular flexibility index (Phi) is 28.7. The molecule has 0 aliphatic carbocycles. The van der Waals surface area contributed by atoms with Gasteiger partial charge in [0.1, 0.15) is 11.6 Å². The molecule has 0 radical (unpaired) electrons. The number of carbonyl (C=O) groups is 2. The molecular formula is C43H80O6S4. The summed E-state index contributed by atoms with van der Waals surface area (Å²) in [6.07, 6.45) is 24.9. The first-order valence-electron chi connectivity index (χ1n) is 21.9. The normalized spacial score (nSPS) is 19.4. The van der Waals surface area contributed by atoms with Gasteiger partial charge in [-0.3, -0.25) is 9.59 Å². The number of hydrogen-bond acceptors (Lipinski definition) is 10. The number of rotatable bonds is 34. The molecule has 2 fully saturated rings. The lowest BCUT2D eigenvalue weighted by molar-refractivity contribution is -0.122. The van der Waals surface area contributed by atoms with Gasteiger partial charge in [0.05, 0.1) is 32.6 Å². The zero-order chi connectivity index (χ0) is 38.6. The van der Waals surface area contributed by atoms with E-state index in [-0.39, 0.29) is 44.8 Å². The first-order valence-corrected chi connectivity index (χ1v) is 25.9. The molecule has 0 spiro atoms. The molecule has 10 heteroatoms. The van der Waals surface area contributed by atoms with E-state index in [1.165, 1.54) is 61.5 Å². The Morgan fingerprint density at radius 1 is 0.472 bits per heavy atom. The van der Waals surface area contributed by atoms with Crippen LogP contribution in [0.3, 0.4) is 0 Å². The average Bonchev–Trinajstić information content (AvgIpc) is 3.12. The standard InChI is InChI=1S/C43H80O6S4/c1-3-5-10-24-40(48)34-42(50-28-18-29-51-42)26-16-14-22-38(46)32-36(44)20-12-8-7-9-13-21-37(45)33-39(47)23-15-17-27-43(52-30-19-31-53-43)35-41(49)25-11-6-4-2/h38-41,46-49H,3-35H2,1-2H3. The minimum Gasteiger partial charge on any atom is -0.393 e. The largest absolute Gasteiger partial charge is 0.393 e. The van der Waals surface area contributed by atoms with Crippen LogP contribution in [0.15, 0.2) is 0 Å². The molecule has 2 saturated heterocycles. The number of unbranched alkanes of at least 4 members (excludes halogenated alkanes) is 10. The van der Waals surface area contributed by atoms with Crippen molar-refractivity contribution >= 4 is 58.6 Å². The van der Waals surface area contributed by atoms with Gasteiger partial charge in [-0.15, -0.1) is 47.0 Å². The summed E-state index contributed by atoms with van der Waals surface area (Å²) in [5, 5.41) is 42.4. The van der Waals surface area contributed by atoms with Crippen LogP contribution in [0.5, 0.6) is 0 Å². The van der Waals surface area contributed by atoms with Gasteiger partial charge in [0.15, 0.2) is 0 Å². The van der Waals surface area contributed by atoms with E-state index in [1.54, 1.807) is 0 Å². The molecule has 0 aromatic rings. The van der Waals surface area contributed by atoms with Crippen LogP contribution in [0.1, 0.15) is 200 Å². The highest BCUT2D eigenvalue weighted by Crippen LogP contribution is 2.50. The van der Waals surface area contributed by atoms with Gasteiger partial charge in [-0.25, -0.2) is 0 Å². The minimum absolute atomic E-state index is 0.107. The lowest BCUT2D eigenvalue weighted by Crippen LogP contribution is -2.30. The summed E-state index contributed by atoms with van der Waals surface area (Å²) in [4.78, 5) is 25.0. The molecule has 0 aromatic heterocycles. The van der Waals surface area contributed by atoms with Gasteiger partial charge in [0.25, 0.3) is 0 Å². The van der Waals surface area contributed by atoms with Crippen LogP contribution in [0.4, 0.5) is 0 Å². The molecule has 4 N–H and O–H groups in total. The van der Waals surface area contributed by atoms with Crippen LogP contribution in [-0.4, -0.2) is 87.6 Å². The summed E-state index contributed by atoms with van der Waals surface area (Å²) in [5.74, 6) is 4.97. The third-order valence-corrected chi connectivity index (χ3v) is 17.9. The fourth-order valence-corrected chi connectivity index (χ4v) is 14.9. The Labute approximate surface area is 342 Å². The highest BCUT2D eigenvalue weighted by Gasteiger charge is 2.36. The summed E-state index contributed by atoms with van der Waals surface area (Å²) >= 11 is 8.12. The van der Waals surface area contributed by atoms with E-state index in [4.69, 9.17) is 0 Å². The molecule has 0 bridgehead atoms. The van der Waals surface area contributed by atoms with Crippen molar-refractivity contribution in [3.8, 4) is 0 Å². The number of ketones is 2. The molecule has 0 aromatic carbocycles. The van der Waals surface area contributed by atoms with E-state index in [0.29, 0.717) is 25.7 Å². The third-order valence-electron chi connectivity index (χ3n) is 10.9. The highest BCUT2D eigenvalue weighted by atomic mass is 32.2. The number of carbonyl (C=O) groups excluding carboxylic acids is 2. The summed E-state index contributed by atoms with van der Waals surface area (Å²) in [5.41, 5.74) is 0. The summed E-state index contributed by atoms with van der Waals surface area (Å²) in [6.45, 7) is 4.40. The summed E-state index contributed by atoms with van der Waals surface area (Å²) in [7, 11) is 0. The number of aliphatic hydroxyl groups excluding tert-OH is 4. The van der Waals surface area contributed by atoms with Crippen LogP contribution in [0, 0.1) is 0 Å². The Morgan fingerprint density at radius 3 is 1.19 bits per heavy atom. The first kappa shape index (κ1) is 49.7. The molecule has 2 rings (SSSR count). The van der Waals surface area contributed by atoms with Gasteiger partial charge >= 0.3 is 0 Å². The molecule has 53 heavy (non-hydrogen) atoms. The number of aliphatic hydroxyl groups is 4. The predicted octanol–water partition coefficient (Wildman–Crippen LogP) is 11.3. The van der Waals surface area contributed by atoms with Gasteiger partial charge in [-0.2, -0.15) is 0 Å². The molecule has 2 aliphatic rings. The van der Waals surface area contributed by atoms with E-state index in [2.05, 4.69) is 13.8 Å². The van der Waals surface area contributed by atoms with E-state index in [1.807, 2.05) is 47.0 Å². The van der Waals surface area contributed by atoms with Crippen molar-refractivity contribution in [1.29, 1.82) is 0 Å². The monoisotopic (exact) mass is 820 g/mol. The van der Waals surface area contributed by atoms with E-state index < -0.39 is 12.2 Å². The lowest BCUT2D eigenvalue weighted by atomic mass is 9.99. The van der Waals surface area contributed by atoms with Crippen molar-refractivity contribution in [2.24, 2.45) is 0 Å². The minimum atomic E-state index is -0.559. The molecule has 4 atom stereocenters. The molecule has 0 saturated carbocycles. The zero-order valence-corrected chi connectivity index (χ0v) is 37.1. The maximum atomic E-state index is 12.5. The van der Waals surface area contributed by atoms with Crippen LogP contribution in [0.2, 0.25) is 0 Å². The Balaban J connectivity index is 1.48. The molecule has 2 aliphatic heterocycles. The van der Waals surface area contributed by atoms with Gasteiger partial charge in [-0.1, -0.05) is 97.3 Å². The summed E-state index contributed by atoms with van der Waals surface area (Å²) < 4.78 is 0.214. The lowest BCUT2D eigenvalue weighted by Gasteiger charge is -2.38. The topological polar surface area (TPSA) is 115 Å². The maximum absolute atomic E-state index is 12.5. The van der Waals surface area contributed by atoms with Crippen molar-refractivity contribution in [3.05, 3.63) is 0 Å². The molecule has 2 heterocycles. The zero-order valence-electron chi connectivity index (χ0n) is 33.9. The SMILES string of the molecule is CCCCCC(O)CC1(CCCCC(O)CC(=O)CCCCCCCC(=O)CC(O)CCCCC2(CC(O)CCCCC)SCCCS2)SCCCS1. The predicted molar refractivity (Wildman–Crippen MR) is 235 cm³/mol. The van der Waals surface area contributed by atoms with E-state index in [0.717, 1.165) is 109 Å². The van der Waals surface area contributed by atoms with Gasteiger partial charge in [0.2, 0.25) is 0 Å². The first-order chi connectivity index (χ1) is 25.6. The Bertz CT molecular complexity index is 854. The quantitative estimate of drug-likeness (QED) is 0.0468. The Morgan fingerprint density at radius 2 is 0.811 bits per heavy atom. The fraction of sp³-hybridized carbons (Fsp3) is 0.953. The number of Topliss-reactive ketones (excluding diaryl/α,β-unsaturated/α-hetero) is 2. The molecular weight excluding hydrogens is 741 g/mol. The van der Waals surface area contributed by atoms with E-state index in [9.17, 15) is 30.0 Å². The van der Waals surface area contributed by atoms with Crippen LogP contribution in [-0.2, 0) is 9.59 Å². The second kappa shape index (κ2) is 30.6. The van der Waals surface area contributed by atoms with Crippen molar-refractivity contribution in [1.82, 2.24) is 0 Å².